The quantitative estimate of drug-likeness (QED) is 0.0764. The highest BCUT2D eigenvalue weighted by atomic mass is 16.6. The summed E-state index contributed by atoms with van der Waals surface area (Å²) in [7, 11) is 0. The Kier molecular flexibility index (Phi) is 14.7. The molecular formula is C45H48O11. The number of Topliss-reactive ketones (excluding diaryl/α,β-unsaturated/α-hetero) is 5. The molecule has 2 aliphatic carbocycles. The van der Waals surface area contributed by atoms with Gasteiger partial charge in [0.1, 0.15) is 11.5 Å². The minimum absolute atomic E-state index is 0.0210. The molecule has 0 aliphatic heterocycles. The molecule has 11 heteroatoms. The van der Waals surface area contributed by atoms with Gasteiger partial charge in [-0.15, -0.1) is 0 Å². The van der Waals surface area contributed by atoms with Gasteiger partial charge in [-0.05, 0) is 36.6 Å². The van der Waals surface area contributed by atoms with Gasteiger partial charge in [-0.25, -0.2) is 0 Å². The monoisotopic (exact) mass is 764 g/mol. The predicted molar refractivity (Wildman–Crippen MR) is 209 cm³/mol. The fourth-order valence-corrected chi connectivity index (χ4v) is 6.14. The highest BCUT2D eigenvalue weighted by Gasteiger charge is 2.59. The van der Waals surface area contributed by atoms with Crippen molar-refractivity contribution in [1.29, 1.82) is 0 Å². The Morgan fingerprint density at radius 1 is 0.643 bits per heavy atom. The molecule has 0 bridgehead atoms. The van der Waals surface area contributed by atoms with Crippen molar-refractivity contribution in [3.05, 3.63) is 129 Å². The smallest absolute Gasteiger partial charge is 0.310 e. The lowest BCUT2D eigenvalue weighted by molar-refractivity contribution is -0.152. The maximum Gasteiger partial charge on any atom is 0.310 e. The summed E-state index contributed by atoms with van der Waals surface area (Å²) in [5.74, 6) is -4.66. The molecule has 0 fully saturated rings. The van der Waals surface area contributed by atoms with Crippen molar-refractivity contribution in [3.8, 4) is 11.5 Å². The lowest BCUT2D eigenvalue weighted by atomic mass is 9.86. The van der Waals surface area contributed by atoms with Crippen LogP contribution in [-0.4, -0.2) is 51.1 Å². The number of rotatable bonds is 8. The van der Waals surface area contributed by atoms with Crippen LogP contribution in [0.5, 0.6) is 11.5 Å². The van der Waals surface area contributed by atoms with Crippen LogP contribution >= 0.6 is 0 Å². The Bertz CT molecular complexity index is 2110. The predicted octanol–water partition coefficient (Wildman–Crippen LogP) is 8.27. The number of phenolic OH excluding ortho intramolecular Hbond substituents is 1. The number of ether oxygens (including phenoxy) is 2. The van der Waals surface area contributed by atoms with Gasteiger partial charge < -0.3 is 19.7 Å². The lowest BCUT2D eigenvalue weighted by Gasteiger charge is -2.28. The fourth-order valence-electron chi connectivity index (χ4n) is 6.14. The highest BCUT2D eigenvalue weighted by Crippen LogP contribution is 2.46. The number of benzene rings is 4. The van der Waals surface area contributed by atoms with Gasteiger partial charge in [0, 0.05) is 46.2 Å². The zero-order chi connectivity index (χ0) is 42.1. The van der Waals surface area contributed by atoms with Crippen LogP contribution in [0.2, 0.25) is 0 Å². The second kappa shape index (κ2) is 18.5. The number of carbonyl (C=O) groups is 7. The van der Waals surface area contributed by atoms with Gasteiger partial charge in [-0.1, -0.05) is 122 Å². The molecule has 56 heavy (non-hydrogen) atoms. The van der Waals surface area contributed by atoms with Crippen LogP contribution < -0.4 is 4.74 Å². The van der Waals surface area contributed by atoms with Gasteiger partial charge in [0.05, 0.1) is 5.56 Å². The summed E-state index contributed by atoms with van der Waals surface area (Å²) >= 11 is 0. The van der Waals surface area contributed by atoms with Crippen molar-refractivity contribution >= 4 is 40.9 Å². The Labute approximate surface area is 326 Å². The zero-order valence-corrected chi connectivity index (χ0v) is 33.1. The SMILES string of the molecule is CC.CC.CC(=O)c1ccc(C2(O)C(=O)c3ccccc3C2=O)c(O)c1.CCC(=O)Oc1cc(C(C)C)ccc1C1(OC(=O)CC)C(=O)c2ccccc2C1=O. The molecule has 0 saturated carbocycles. The first kappa shape index (κ1) is 44.3. The van der Waals surface area contributed by atoms with Gasteiger partial charge in [-0.2, -0.15) is 0 Å². The maximum absolute atomic E-state index is 13.5. The third-order valence-corrected chi connectivity index (χ3v) is 9.04. The number of hydrogen-bond acceptors (Lipinski definition) is 11. The van der Waals surface area contributed by atoms with E-state index in [1.54, 1.807) is 50.2 Å². The Balaban J connectivity index is 0.000000286. The summed E-state index contributed by atoms with van der Waals surface area (Å²) in [4.78, 5) is 87.6. The molecule has 0 unspecified atom stereocenters. The molecule has 4 aromatic carbocycles. The molecule has 0 spiro atoms. The molecule has 0 aromatic heterocycles. The van der Waals surface area contributed by atoms with E-state index < -0.39 is 52.0 Å². The molecule has 0 radical (unpaired) electrons. The van der Waals surface area contributed by atoms with E-state index in [2.05, 4.69) is 0 Å². The number of aliphatic hydroxyl groups is 1. The molecule has 2 aliphatic rings. The van der Waals surface area contributed by atoms with E-state index in [4.69, 9.17) is 9.47 Å². The van der Waals surface area contributed by atoms with Crippen LogP contribution in [0.4, 0.5) is 0 Å². The summed E-state index contributed by atoms with van der Waals surface area (Å²) in [5, 5.41) is 20.8. The summed E-state index contributed by atoms with van der Waals surface area (Å²) < 4.78 is 11.1. The summed E-state index contributed by atoms with van der Waals surface area (Å²) in [6.07, 6.45) is 0.0853. The van der Waals surface area contributed by atoms with Crippen LogP contribution in [0, 0.1) is 0 Å². The van der Waals surface area contributed by atoms with Crippen molar-refractivity contribution in [2.75, 3.05) is 0 Å². The largest absolute Gasteiger partial charge is 0.508 e. The normalized spacial score (nSPS) is 14.2. The van der Waals surface area contributed by atoms with Crippen molar-refractivity contribution in [1.82, 2.24) is 0 Å². The fraction of sp³-hybridized carbons (Fsp3) is 0.311. The molecule has 0 amide bonds. The average molecular weight is 765 g/mol. The summed E-state index contributed by atoms with van der Waals surface area (Å²) in [6.45, 7) is 16.5. The third-order valence-electron chi connectivity index (χ3n) is 9.04. The van der Waals surface area contributed by atoms with E-state index in [1.165, 1.54) is 49.4 Å². The number of fused-ring (bicyclic) bond motifs is 2. The van der Waals surface area contributed by atoms with E-state index in [0.717, 1.165) is 11.6 Å². The summed E-state index contributed by atoms with van der Waals surface area (Å²) in [5.41, 5.74) is -3.18. The van der Waals surface area contributed by atoms with Gasteiger partial charge in [0.15, 0.2) is 5.78 Å². The van der Waals surface area contributed by atoms with E-state index in [-0.39, 0.29) is 69.2 Å². The van der Waals surface area contributed by atoms with Crippen LogP contribution in [0.1, 0.15) is 150 Å². The molecule has 6 rings (SSSR count). The number of aromatic hydroxyl groups is 1. The van der Waals surface area contributed by atoms with E-state index >= 15 is 0 Å². The molecule has 0 atom stereocenters. The number of carbonyl (C=O) groups excluding carboxylic acids is 7. The molecule has 294 valence electrons. The number of phenols is 1. The second-order valence-electron chi connectivity index (χ2n) is 12.7. The lowest BCUT2D eigenvalue weighted by Crippen LogP contribution is -2.43. The van der Waals surface area contributed by atoms with E-state index in [9.17, 15) is 43.8 Å². The number of ketones is 5. The Hall–Kier alpha value is -6.07. The van der Waals surface area contributed by atoms with Crippen LogP contribution in [-0.2, 0) is 25.5 Å². The van der Waals surface area contributed by atoms with Crippen LogP contribution in [0.3, 0.4) is 0 Å². The van der Waals surface area contributed by atoms with Gasteiger partial charge >= 0.3 is 11.9 Å². The number of hydrogen-bond donors (Lipinski definition) is 2. The van der Waals surface area contributed by atoms with Gasteiger partial charge in [0.25, 0.3) is 5.60 Å². The third kappa shape index (κ3) is 7.99. The zero-order valence-electron chi connectivity index (χ0n) is 33.1. The van der Waals surface area contributed by atoms with Gasteiger partial charge in [-0.3, -0.25) is 33.6 Å². The molecule has 4 aromatic rings. The minimum Gasteiger partial charge on any atom is -0.508 e. The van der Waals surface area contributed by atoms with E-state index in [1.807, 2.05) is 41.5 Å². The standard InChI is InChI=1S/C24H24O6.C17H12O5.2C2H6/c1-5-20(25)29-19-13-15(14(3)4)11-12-18(19)24(30-21(26)6-2)22(27)16-9-7-8-10-17(16)23(24)28;1-9(18)10-6-7-13(14(19)8-10)17(22)15(20)11-4-2-3-5-12(11)16(17)21;2*1-2/h7-14H,5-6H2,1-4H3;2-8,19,22H,1H3;2*1-2H3. The van der Waals surface area contributed by atoms with Crippen molar-refractivity contribution in [2.24, 2.45) is 0 Å². The summed E-state index contributed by atoms with van der Waals surface area (Å²) in [6, 6.07) is 21.1. The van der Waals surface area contributed by atoms with Crippen LogP contribution in [0.15, 0.2) is 84.9 Å². The minimum atomic E-state index is -2.46. The highest BCUT2D eigenvalue weighted by molar-refractivity contribution is 6.33. The first-order chi connectivity index (χ1) is 26.6. The average Bonchev–Trinajstić information content (AvgIpc) is 3.55. The number of esters is 2. The van der Waals surface area contributed by atoms with Gasteiger partial charge in [0.2, 0.25) is 28.7 Å². The Morgan fingerprint density at radius 3 is 1.50 bits per heavy atom. The Morgan fingerprint density at radius 2 is 1.09 bits per heavy atom. The van der Waals surface area contributed by atoms with Crippen LogP contribution in [0.25, 0.3) is 0 Å². The van der Waals surface area contributed by atoms with Crippen molar-refractivity contribution < 1.29 is 53.2 Å². The molecular weight excluding hydrogens is 716 g/mol. The van der Waals surface area contributed by atoms with Crippen molar-refractivity contribution in [2.45, 2.75) is 92.3 Å². The molecule has 2 N–H and O–H groups in total. The van der Waals surface area contributed by atoms with Crippen molar-refractivity contribution in [3.63, 3.8) is 0 Å². The first-order valence-electron chi connectivity index (χ1n) is 18.6. The molecule has 11 nitrogen and oxygen atoms in total. The molecule has 0 heterocycles. The topological polar surface area (TPSA) is 178 Å². The molecule has 0 saturated heterocycles. The first-order valence-corrected chi connectivity index (χ1v) is 18.6. The van der Waals surface area contributed by atoms with E-state index in [0.29, 0.717) is 0 Å². The maximum atomic E-state index is 13.5. The second-order valence-corrected chi connectivity index (χ2v) is 12.7.